The number of rotatable bonds is 2. The Hall–Kier alpha value is -2.11. The highest BCUT2D eigenvalue weighted by molar-refractivity contribution is 8.16. The molecule has 0 aromatic heterocycles. The van der Waals surface area contributed by atoms with Crippen LogP contribution in [0.25, 0.3) is 5.70 Å². The van der Waals surface area contributed by atoms with Crippen molar-refractivity contribution in [2.75, 3.05) is 0 Å². The van der Waals surface area contributed by atoms with E-state index in [-0.39, 0.29) is 5.82 Å². The molecule has 1 aliphatic heterocycles. The Morgan fingerprint density at radius 2 is 1.82 bits per heavy atom. The van der Waals surface area contributed by atoms with Crippen molar-refractivity contribution in [2.45, 2.75) is 0 Å². The van der Waals surface area contributed by atoms with E-state index in [2.05, 4.69) is 15.5 Å². The maximum absolute atomic E-state index is 12.8. The zero-order chi connectivity index (χ0) is 15.4. The first-order chi connectivity index (χ1) is 10.7. The lowest BCUT2D eigenvalue weighted by Crippen LogP contribution is -2.10. The Morgan fingerprint density at radius 1 is 1.09 bits per heavy atom. The number of nitrogens with zero attached hydrogens (tertiary/aromatic N) is 2. The van der Waals surface area contributed by atoms with E-state index in [0.717, 1.165) is 16.8 Å². The third-order valence-corrected chi connectivity index (χ3v) is 3.92. The fourth-order valence-corrected chi connectivity index (χ4v) is 2.52. The second-order valence-corrected chi connectivity index (χ2v) is 5.75. The molecule has 0 spiro atoms. The number of aliphatic imine (C=N–C) groups is 1. The first kappa shape index (κ1) is 14.8. The summed E-state index contributed by atoms with van der Waals surface area (Å²) in [5.74, 6) is -0.265. The van der Waals surface area contributed by atoms with E-state index < -0.39 is 0 Å². The van der Waals surface area contributed by atoms with Crippen LogP contribution in [-0.2, 0) is 0 Å². The number of hydrogen-bond donors (Lipinski definition) is 1. The van der Waals surface area contributed by atoms with Crippen LogP contribution in [0.3, 0.4) is 0 Å². The molecule has 0 saturated carbocycles. The number of halogens is 2. The molecule has 3 nitrogen and oxygen atoms in total. The van der Waals surface area contributed by atoms with Gasteiger partial charge in [0.2, 0.25) is 5.17 Å². The van der Waals surface area contributed by atoms with E-state index >= 15 is 0 Å². The van der Waals surface area contributed by atoms with Crippen molar-refractivity contribution >= 4 is 40.4 Å². The van der Waals surface area contributed by atoms with Crippen LogP contribution in [0.4, 0.5) is 4.39 Å². The summed E-state index contributed by atoms with van der Waals surface area (Å²) in [7, 11) is 0. The van der Waals surface area contributed by atoms with E-state index in [1.807, 2.05) is 29.7 Å². The van der Waals surface area contributed by atoms with Crippen LogP contribution in [-0.4, -0.2) is 11.4 Å². The lowest BCUT2D eigenvalue weighted by atomic mass is 10.2. The highest BCUT2D eigenvalue weighted by atomic mass is 35.5. The zero-order valence-electron chi connectivity index (χ0n) is 11.3. The van der Waals surface area contributed by atoms with Gasteiger partial charge in [-0.1, -0.05) is 47.6 Å². The van der Waals surface area contributed by atoms with Gasteiger partial charge in [0, 0.05) is 22.2 Å². The number of benzene rings is 2. The Kier molecular flexibility index (Phi) is 4.56. The van der Waals surface area contributed by atoms with Gasteiger partial charge >= 0.3 is 0 Å². The van der Waals surface area contributed by atoms with Crippen molar-refractivity contribution in [3.63, 3.8) is 0 Å². The molecule has 1 aliphatic rings. The van der Waals surface area contributed by atoms with Crippen molar-refractivity contribution in [1.82, 2.24) is 5.43 Å². The fraction of sp³-hybridized carbons (Fsp3) is 0. The molecule has 0 fully saturated rings. The van der Waals surface area contributed by atoms with E-state index in [9.17, 15) is 4.39 Å². The maximum Gasteiger partial charge on any atom is 0.210 e. The molecule has 2 aromatic rings. The van der Waals surface area contributed by atoms with Gasteiger partial charge < -0.3 is 0 Å². The third-order valence-electron chi connectivity index (χ3n) is 2.90. The fourth-order valence-electron chi connectivity index (χ4n) is 1.77. The Morgan fingerprint density at radius 3 is 2.45 bits per heavy atom. The molecule has 1 heterocycles. The van der Waals surface area contributed by atoms with Crippen LogP contribution in [0.15, 0.2) is 64.0 Å². The second kappa shape index (κ2) is 6.77. The van der Waals surface area contributed by atoms with Gasteiger partial charge in [-0.15, -0.1) is 5.10 Å². The molecule has 0 bridgehead atoms. The first-order valence-electron chi connectivity index (χ1n) is 6.47. The van der Waals surface area contributed by atoms with Gasteiger partial charge in [0.25, 0.3) is 0 Å². The molecule has 0 saturated heterocycles. The largest absolute Gasteiger partial charge is 0.275 e. The smallest absolute Gasteiger partial charge is 0.210 e. The molecule has 6 heteroatoms. The average Bonchev–Trinajstić information content (AvgIpc) is 2.56. The lowest BCUT2D eigenvalue weighted by molar-refractivity contribution is 0.628. The van der Waals surface area contributed by atoms with Crippen LogP contribution in [0, 0.1) is 5.82 Å². The molecule has 2 aromatic carbocycles. The van der Waals surface area contributed by atoms with Gasteiger partial charge in [0.15, 0.2) is 0 Å². The van der Waals surface area contributed by atoms with E-state index in [1.54, 1.807) is 18.3 Å². The first-order valence-corrected chi connectivity index (χ1v) is 7.72. The molecule has 0 amide bonds. The minimum absolute atomic E-state index is 0.265. The van der Waals surface area contributed by atoms with Gasteiger partial charge in [-0.3, -0.25) is 5.43 Å². The van der Waals surface area contributed by atoms with Gasteiger partial charge in [-0.05, 0) is 29.8 Å². The molecular weight excluding hydrogens is 321 g/mol. The SMILES string of the molecule is Fc1ccc(/C=N/C2=NNC(c3ccc(Cl)cc3)=CS2)cc1. The minimum atomic E-state index is -0.265. The van der Waals surface area contributed by atoms with Crippen molar-refractivity contribution in [1.29, 1.82) is 0 Å². The number of hydrazone groups is 1. The summed E-state index contributed by atoms with van der Waals surface area (Å²) in [5, 5.41) is 7.42. The standard InChI is InChI=1S/C16H11ClFN3S/c17-13-5-3-12(4-6-13)15-10-22-16(21-20-15)19-9-11-1-7-14(18)8-2-11/h1-10,20H/b19-9+. The Bertz CT molecular complexity index is 752. The summed E-state index contributed by atoms with van der Waals surface area (Å²) in [6.45, 7) is 0. The van der Waals surface area contributed by atoms with Crippen molar-refractivity contribution in [3.8, 4) is 0 Å². The second-order valence-electron chi connectivity index (χ2n) is 4.47. The number of hydrogen-bond acceptors (Lipinski definition) is 4. The summed E-state index contributed by atoms with van der Waals surface area (Å²) in [6.07, 6.45) is 1.65. The Labute approximate surface area is 136 Å². The maximum atomic E-state index is 12.8. The van der Waals surface area contributed by atoms with Crippen molar-refractivity contribution in [3.05, 3.63) is 75.9 Å². The van der Waals surface area contributed by atoms with Crippen molar-refractivity contribution < 1.29 is 4.39 Å². The lowest BCUT2D eigenvalue weighted by Gasteiger charge is -2.12. The highest BCUT2D eigenvalue weighted by Crippen LogP contribution is 2.23. The van der Waals surface area contributed by atoms with Crippen LogP contribution < -0.4 is 5.43 Å². The van der Waals surface area contributed by atoms with Crippen LogP contribution in [0.2, 0.25) is 5.02 Å². The summed E-state index contributed by atoms with van der Waals surface area (Å²) in [5.41, 5.74) is 5.67. The summed E-state index contributed by atoms with van der Waals surface area (Å²) < 4.78 is 12.8. The number of amidine groups is 1. The average molecular weight is 332 g/mol. The predicted octanol–water partition coefficient (Wildman–Crippen LogP) is 4.50. The van der Waals surface area contributed by atoms with Gasteiger partial charge in [-0.25, -0.2) is 9.38 Å². The van der Waals surface area contributed by atoms with E-state index in [0.29, 0.717) is 10.2 Å². The summed E-state index contributed by atoms with van der Waals surface area (Å²) in [6, 6.07) is 13.6. The molecule has 3 rings (SSSR count). The highest BCUT2D eigenvalue weighted by Gasteiger charge is 2.08. The molecule has 0 aliphatic carbocycles. The van der Waals surface area contributed by atoms with E-state index in [4.69, 9.17) is 11.6 Å². The third kappa shape index (κ3) is 3.75. The quantitative estimate of drug-likeness (QED) is 0.822. The number of thioether (sulfide) groups is 1. The molecule has 0 atom stereocenters. The minimum Gasteiger partial charge on any atom is -0.275 e. The Balaban J connectivity index is 1.65. The molecule has 1 N–H and O–H groups in total. The monoisotopic (exact) mass is 331 g/mol. The normalized spacial score (nSPS) is 14.5. The van der Waals surface area contributed by atoms with Crippen molar-refractivity contribution in [2.24, 2.45) is 10.1 Å². The molecule has 22 heavy (non-hydrogen) atoms. The van der Waals surface area contributed by atoms with E-state index in [1.165, 1.54) is 23.9 Å². The summed E-state index contributed by atoms with van der Waals surface area (Å²) in [4.78, 5) is 4.26. The zero-order valence-corrected chi connectivity index (χ0v) is 12.9. The van der Waals surface area contributed by atoms with Gasteiger partial charge in [0.1, 0.15) is 5.82 Å². The van der Waals surface area contributed by atoms with Crippen LogP contribution in [0.5, 0.6) is 0 Å². The predicted molar refractivity (Wildman–Crippen MR) is 91.6 cm³/mol. The van der Waals surface area contributed by atoms with Gasteiger partial charge in [0.05, 0.1) is 5.70 Å². The topological polar surface area (TPSA) is 36.8 Å². The summed E-state index contributed by atoms with van der Waals surface area (Å²) >= 11 is 7.28. The molecule has 0 radical (unpaired) electrons. The van der Waals surface area contributed by atoms with Crippen LogP contribution >= 0.6 is 23.4 Å². The van der Waals surface area contributed by atoms with Gasteiger partial charge in [-0.2, -0.15) is 0 Å². The molecule has 110 valence electrons. The molecular formula is C16H11ClFN3S. The number of nitrogens with one attached hydrogen (secondary N) is 1. The molecule has 0 unspecified atom stereocenters. The van der Waals surface area contributed by atoms with Crippen LogP contribution in [0.1, 0.15) is 11.1 Å².